The molecule has 0 saturated carbocycles. The van der Waals surface area contributed by atoms with Gasteiger partial charge in [0.2, 0.25) is 5.69 Å². The first-order valence-electron chi connectivity index (χ1n) is 9.36. The van der Waals surface area contributed by atoms with Gasteiger partial charge in [-0.15, -0.1) is 0 Å². The molecule has 3 amide bonds. The molecule has 8 nitrogen and oxygen atoms in total. The molecular weight excluding hydrogens is 442 g/mol. The van der Waals surface area contributed by atoms with Crippen LogP contribution < -0.4 is 11.1 Å². The highest BCUT2D eigenvalue weighted by Crippen LogP contribution is 2.31. The van der Waals surface area contributed by atoms with Gasteiger partial charge >= 0.3 is 6.03 Å². The monoisotopic (exact) mass is 456 g/mol. The number of benzene rings is 2. The van der Waals surface area contributed by atoms with Crippen molar-refractivity contribution in [2.75, 3.05) is 11.9 Å². The molecule has 11 heteroatoms. The van der Waals surface area contributed by atoms with Crippen molar-refractivity contribution in [2.45, 2.75) is 13.1 Å². The second-order valence-electron chi connectivity index (χ2n) is 7.02. The molecule has 162 valence electrons. The van der Waals surface area contributed by atoms with E-state index in [0.29, 0.717) is 11.3 Å². The third-order valence-electron chi connectivity index (χ3n) is 5.03. The molecule has 0 unspecified atom stereocenters. The van der Waals surface area contributed by atoms with Crippen molar-refractivity contribution >= 4 is 34.9 Å². The summed E-state index contributed by atoms with van der Waals surface area (Å²) in [6.45, 7) is 7.46. The van der Waals surface area contributed by atoms with Crippen molar-refractivity contribution in [3.05, 3.63) is 75.7 Å². The molecule has 0 bridgehead atoms. The maximum absolute atomic E-state index is 13.8. The Morgan fingerprint density at radius 3 is 2.59 bits per heavy atom. The van der Waals surface area contributed by atoms with Crippen molar-refractivity contribution < 1.29 is 18.4 Å². The molecule has 0 atom stereocenters. The summed E-state index contributed by atoms with van der Waals surface area (Å²) in [4.78, 5) is 29.4. The summed E-state index contributed by atoms with van der Waals surface area (Å²) >= 11 is 5.86. The van der Waals surface area contributed by atoms with E-state index in [0.717, 1.165) is 6.07 Å². The molecule has 1 aromatic heterocycles. The first-order valence-corrected chi connectivity index (χ1v) is 9.74. The molecule has 1 aliphatic rings. The number of halogens is 3. The van der Waals surface area contributed by atoms with Crippen molar-refractivity contribution in [2.24, 2.45) is 5.73 Å². The SMILES string of the molecule is [C-]#[N+]c1ccc(NC(=O)N2CCn3nc(-c4ccc(F)c(Cl)c4)c(C(N)=O)c3C2)cc1F. The van der Waals surface area contributed by atoms with Gasteiger partial charge in [0.1, 0.15) is 17.3 Å². The number of hydrogen-bond acceptors (Lipinski definition) is 3. The number of nitrogens with zero attached hydrogens (tertiary/aromatic N) is 4. The molecule has 2 heterocycles. The molecule has 0 aliphatic carbocycles. The summed E-state index contributed by atoms with van der Waals surface area (Å²) in [5.41, 5.74) is 6.82. The predicted octanol–water partition coefficient (Wildman–Crippen LogP) is 4.18. The van der Waals surface area contributed by atoms with Crippen LogP contribution in [0.3, 0.4) is 0 Å². The zero-order chi connectivity index (χ0) is 23.0. The van der Waals surface area contributed by atoms with Gasteiger partial charge in [0.25, 0.3) is 5.91 Å². The Morgan fingerprint density at radius 1 is 1.16 bits per heavy atom. The summed E-state index contributed by atoms with van der Waals surface area (Å²) in [5, 5.41) is 6.87. The van der Waals surface area contributed by atoms with Crippen LogP contribution in [0.5, 0.6) is 0 Å². The Labute approximate surface area is 186 Å². The van der Waals surface area contributed by atoms with Crippen LogP contribution in [-0.2, 0) is 13.1 Å². The molecule has 3 aromatic rings. The number of nitrogens with two attached hydrogens (primary N) is 1. The van der Waals surface area contributed by atoms with E-state index >= 15 is 0 Å². The average Bonchev–Trinajstić information content (AvgIpc) is 3.14. The predicted molar refractivity (Wildman–Crippen MR) is 113 cm³/mol. The van der Waals surface area contributed by atoms with Crippen LogP contribution in [-0.4, -0.2) is 33.2 Å². The minimum atomic E-state index is -0.749. The Morgan fingerprint density at radius 2 is 1.94 bits per heavy atom. The molecule has 3 N–H and O–H groups in total. The number of rotatable bonds is 3. The van der Waals surface area contributed by atoms with Crippen LogP contribution >= 0.6 is 11.6 Å². The lowest BCUT2D eigenvalue weighted by Crippen LogP contribution is -2.41. The Balaban J connectivity index is 1.61. The second kappa shape index (κ2) is 8.28. The number of hydrogen-bond donors (Lipinski definition) is 2. The number of aromatic nitrogens is 2. The van der Waals surface area contributed by atoms with Crippen molar-refractivity contribution in [3.8, 4) is 11.3 Å². The minimum Gasteiger partial charge on any atom is -0.365 e. The Bertz CT molecular complexity index is 1300. The van der Waals surface area contributed by atoms with E-state index in [1.54, 1.807) is 4.68 Å². The fraction of sp³-hybridized carbons (Fsp3) is 0.143. The van der Waals surface area contributed by atoms with Crippen molar-refractivity contribution in [3.63, 3.8) is 0 Å². The Kier molecular flexibility index (Phi) is 5.50. The van der Waals surface area contributed by atoms with Crippen LogP contribution in [0.25, 0.3) is 16.1 Å². The molecule has 2 aromatic carbocycles. The fourth-order valence-corrected chi connectivity index (χ4v) is 3.65. The average molecular weight is 457 g/mol. The third-order valence-corrected chi connectivity index (χ3v) is 5.32. The normalized spacial score (nSPS) is 12.8. The van der Waals surface area contributed by atoms with Gasteiger partial charge in [-0.3, -0.25) is 9.48 Å². The molecule has 1 aliphatic heterocycles. The van der Waals surface area contributed by atoms with E-state index in [-0.39, 0.29) is 47.3 Å². The lowest BCUT2D eigenvalue weighted by atomic mass is 10.0. The first-order chi connectivity index (χ1) is 15.3. The van der Waals surface area contributed by atoms with Gasteiger partial charge in [-0.25, -0.2) is 18.4 Å². The molecule has 4 rings (SSSR count). The number of nitrogens with one attached hydrogen (secondary N) is 1. The van der Waals surface area contributed by atoms with Gasteiger partial charge < -0.3 is 16.0 Å². The Hall–Kier alpha value is -3.97. The van der Waals surface area contributed by atoms with Gasteiger partial charge in [-0.2, -0.15) is 5.10 Å². The molecule has 0 fully saturated rings. The maximum atomic E-state index is 13.8. The maximum Gasteiger partial charge on any atom is 0.322 e. The van der Waals surface area contributed by atoms with Gasteiger partial charge in [0, 0.05) is 17.8 Å². The van der Waals surface area contributed by atoms with Crippen LogP contribution in [0, 0.1) is 18.2 Å². The molecule has 0 saturated heterocycles. The van der Waals surface area contributed by atoms with Crippen LogP contribution in [0.4, 0.5) is 25.0 Å². The van der Waals surface area contributed by atoms with Crippen molar-refractivity contribution in [1.82, 2.24) is 14.7 Å². The van der Waals surface area contributed by atoms with E-state index in [9.17, 15) is 18.4 Å². The van der Waals surface area contributed by atoms with Crippen LogP contribution in [0.2, 0.25) is 5.02 Å². The minimum absolute atomic E-state index is 0.0225. The van der Waals surface area contributed by atoms with Gasteiger partial charge in [0.15, 0.2) is 0 Å². The number of amides is 3. The van der Waals surface area contributed by atoms with Gasteiger partial charge in [-0.05, 0) is 30.3 Å². The zero-order valence-corrected chi connectivity index (χ0v) is 17.2. The quantitative estimate of drug-likeness (QED) is 0.578. The second-order valence-corrected chi connectivity index (χ2v) is 7.42. The van der Waals surface area contributed by atoms with Crippen molar-refractivity contribution in [1.29, 1.82) is 0 Å². The summed E-state index contributed by atoms with van der Waals surface area (Å²) < 4.78 is 28.9. The summed E-state index contributed by atoms with van der Waals surface area (Å²) in [5.74, 6) is -2.10. The van der Waals surface area contributed by atoms with E-state index in [4.69, 9.17) is 23.9 Å². The summed E-state index contributed by atoms with van der Waals surface area (Å²) in [6, 6.07) is 7.19. The number of carbonyl (C=O) groups excluding carboxylic acids is 2. The highest BCUT2D eigenvalue weighted by atomic mass is 35.5. The first kappa shape index (κ1) is 21.3. The van der Waals surface area contributed by atoms with Gasteiger partial charge in [-0.1, -0.05) is 17.7 Å². The standard InChI is InChI=1S/C21H15ClF2N6O2/c1-26-16-5-3-12(9-15(16)24)27-21(32)29-6-7-30-17(10-29)18(20(25)31)19(28-30)11-2-4-14(23)13(22)8-11/h2-5,8-9H,6-7,10H2,(H2,25,31)(H,27,32). The van der Waals surface area contributed by atoms with Crippen LogP contribution in [0.15, 0.2) is 36.4 Å². The van der Waals surface area contributed by atoms with E-state index < -0.39 is 23.6 Å². The lowest BCUT2D eigenvalue weighted by molar-refractivity contribution is 0.0997. The number of urea groups is 1. The molecule has 0 radical (unpaired) electrons. The summed E-state index contributed by atoms with van der Waals surface area (Å²) in [7, 11) is 0. The number of carbonyl (C=O) groups is 2. The topological polar surface area (TPSA) is 97.6 Å². The molecule has 0 spiro atoms. The van der Waals surface area contributed by atoms with E-state index in [2.05, 4.69) is 15.3 Å². The fourth-order valence-electron chi connectivity index (χ4n) is 3.47. The third kappa shape index (κ3) is 3.86. The number of primary amides is 1. The highest BCUT2D eigenvalue weighted by Gasteiger charge is 2.30. The number of fused-ring (bicyclic) bond motifs is 1. The van der Waals surface area contributed by atoms with E-state index in [1.807, 2.05) is 0 Å². The van der Waals surface area contributed by atoms with Crippen LogP contribution in [0.1, 0.15) is 16.1 Å². The molecule has 32 heavy (non-hydrogen) atoms. The highest BCUT2D eigenvalue weighted by molar-refractivity contribution is 6.31. The summed E-state index contributed by atoms with van der Waals surface area (Å²) in [6.07, 6.45) is 0. The number of anilines is 1. The lowest BCUT2D eigenvalue weighted by Gasteiger charge is -2.28. The molecular formula is C21H15ClF2N6O2. The largest absolute Gasteiger partial charge is 0.365 e. The van der Waals surface area contributed by atoms with Gasteiger partial charge in [0.05, 0.1) is 35.9 Å². The van der Waals surface area contributed by atoms with E-state index in [1.165, 1.54) is 35.2 Å². The smallest absolute Gasteiger partial charge is 0.322 e. The zero-order valence-electron chi connectivity index (χ0n) is 16.4.